The summed E-state index contributed by atoms with van der Waals surface area (Å²) < 4.78 is 0. The first-order chi connectivity index (χ1) is 4.68. The van der Waals surface area contributed by atoms with Gasteiger partial charge in [0, 0.05) is 13.1 Å². The molecule has 0 radical (unpaired) electrons. The van der Waals surface area contributed by atoms with E-state index < -0.39 is 0 Å². The van der Waals surface area contributed by atoms with Crippen LogP contribution in [0.15, 0.2) is 12.2 Å². The lowest BCUT2D eigenvalue weighted by Crippen LogP contribution is -2.53. The molecule has 0 aromatic heterocycles. The van der Waals surface area contributed by atoms with Crippen LogP contribution >= 0.6 is 0 Å². The molecule has 0 bridgehead atoms. The molecule has 1 nitrogen and oxygen atoms in total. The van der Waals surface area contributed by atoms with E-state index in [1.54, 1.807) is 0 Å². The van der Waals surface area contributed by atoms with Gasteiger partial charge in [0.2, 0.25) is 0 Å². The van der Waals surface area contributed by atoms with Crippen molar-refractivity contribution < 1.29 is 0 Å². The van der Waals surface area contributed by atoms with Gasteiger partial charge in [-0.3, -0.25) is 0 Å². The molecule has 0 saturated carbocycles. The topological polar surface area (TPSA) is 12.0 Å². The predicted octanol–water partition coefficient (Wildman–Crippen LogP) is 1.95. The lowest BCUT2D eigenvalue weighted by Gasteiger charge is -2.42. The molecule has 1 aliphatic rings. The van der Waals surface area contributed by atoms with E-state index in [2.05, 4.69) is 25.7 Å². The second-order valence-corrected chi connectivity index (χ2v) is 3.59. The second kappa shape index (κ2) is 2.75. The molecule has 0 aromatic rings. The number of nitrogens with one attached hydrogen (secondary N) is 1. The van der Waals surface area contributed by atoms with Gasteiger partial charge in [-0.2, -0.15) is 0 Å². The highest BCUT2D eigenvalue weighted by Gasteiger charge is 2.34. The molecule has 1 saturated heterocycles. The SMILES string of the molecule is C=C(C)CC1(CC)CNC1. The van der Waals surface area contributed by atoms with Crippen molar-refractivity contribution in [3.63, 3.8) is 0 Å². The number of hydrogen-bond donors (Lipinski definition) is 1. The monoisotopic (exact) mass is 139 g/mol. The fourth-order valence-corrected chi connectivity index (χ4v) is 1.62. The molecule has 0 atom stereocenters. The third-order valence-corrected chi connectivity index (χ3v) is 2.43. The van der Waals surface area contributed by atoms with Crippen molar-refractivity contribution in [2.24, 2.45) is 5.41 Å². The lowest BCUT2D eigenvalue weighted by atomic mass is 9.74. The normalized spacial score (nSPS) is 21.8. The van der Waals surface area contributed by atoms with Crippen molar-refractivity contribution in [1.29, 1.82) is 0 Å². The Labute approximate surface area is 63.5 Å². The third-order valence-electron chi connectivity index (χ3n) is 2.43. The summed E-state index contributed by atoms with van der Waals surface area (Å²) in [6.07, 6.45) is 2.49. The van der Waals surface area contributed by atoms with Gasteiger partial charge in [-0.15, -0.1) is 6.58 Å². The highest BCUT2D eigenvalue weighted by molar-refractivity contribution is 5.02. The summed E-state index contributed by atoms with van der Waals surface area (Å²) in [5.74, 6) is 0. The maximum absolute atomic E-state index is 3.94. The first-order valence-electron chi connectivity index (χ1n) is 4.04. The van der Waals surface area contributed by atoms with E-state index in [0.29, 0.717) is 5.41 Å². The number of allylic oxidation sites excluding steroid dienone is 1. The third kappa shape index (κ3) is 1.40. The smallest absolute Gasteiger partial charge is 0.00232 e. The van der Waals surface area contributed by atoms with Gasteiger partial charge in [-0.05, 0) is 25.2 Å². The van der Waals surface area contributed by atoms with Crippen molar-refractivity contribution in [1.82, 2.24) is 5.32 Å². The van der Waals surface area contributed by atoms with E-state index >= 15 is 0 Å². The summed E-state index contributed by atoms with van der Waals surface area (Å²) in [6, 6.07) is 0. The van der Waals surface area contributed by atoms with Crippen molar-refractivity contribution in [2.45, 2.75) is 26.7 Å². The molecular weight excluding hydrogens is 122 g/mol. The van der Waals surface area contributed by atoms with Crippen molar-refractivity contribution in [3.05, 3.63) is 12.2 Å². The van der Waals surface area contributed by atoms with Crippen LogP contribution in [-0.4, -0.2) is 13.1 Å². The maximum atomic E-state index is 3.94. The summed E-state index contributed by atoms with van der Waals surface area (Å²) in [6.45, 7) is 10.7. The molecule has 0 amide bonds. The van der Waals surface area contributed by atoms with Crippen molar-refractivity contribution >= 4 is 0 Å². The molecule has 1 fully saturated rings. The number of hydrogen-bond acceptors (Lipinski definition) is 1. The Morgan fingerprint density at radius 1 is 1.60 bits per heavy atom. The minimum absolute atomic E-state index is 0.575. The first kappa shape index (κ1) is 7.80. The summed E-state index contributed by atoms with van der Waals surface area (Å²) in [7, 11) is 0. The van der Waals surface area contributed by atoms with E-state index in [-0.39, 0.29) is 0 Å². The van der Waals surface area contributed by atoms with Crippen LogP contribution in [0.2, 0.25) is 0 Å². The first-order valence-corrected chi connectivity index (χ1v) is 4.04. The predicted molar refractivity (Wildman–Crippen MR) is 45.0 cm³/mol. The van der Waals surface area contributed by atoms with Crippen molar-refractivity contribution in [3.8, 4) is 0 Å². The molecule has 1 rings (SSSR count). The minimum atomic E-state index is 0.575. The van der Waals surface area contributed by atoms with E-state index in [4.69, 9.17) is 0 Å². The van der Waals surface area contributed by atoms with Gasteiger partial charge in [0.15, 0.2) is 0 Å². The highest BCUT2D eigenvalue weighted by Crippen LogP contribution is 2.33. The average Bonchev–Trinajstić information content (AvgIpc) is 1.78. The zero-order valence-electron chi connectivity index (χ0n) is 7.04. The molecule has 58 valence electrons. The number of rotatable bonds is 3. The van der Waals surface area contributed by atoms with Gasteiger partial charge in [0.1, 0.15) is 0 Å². The van der Waals surface area contributed by atoms with Gasteiger partial charge in [0.05, 0.1) is 0 Å². The van der Waals surface area contributed by atoms with Crippen molar-refractivity contribution in [2.75, 3.05) is 13.1 Å². The van der Waals surface area contributed by atoms with Gasteiger partial charge in [-0.1, -0.05) is 12.5 Å². The van der Waals surface area contributed by atoms with E-state index in [0.717, 1.165) is 0 Å². The Morgan fingerprint density at radius 2 is 2.20 bits per heavy atom. The van der Waals surface area contributed by atoms with Crippen LogP contribution in [0, 0.1) is 5.41 Å². The standard InChI is InChI=1S/C9H17N/c1-4-9(5-8(2)3)6-10-7-9/h10H,2,4-7H2,1,3H3. The Kier molecular flexibility index (Phi) is 2.14. The zero-order chi connectivity index (χ0) is 7.61. The zero-order valence-corrected chi connectivity index (χ0v) is 7.04. The second-order valence-electron chi connectivity index (χ2n) is 3.59. The Balaban J connectivity index is 2.40. The molecule has 0 aromatic carbocycles. The van der Waals surface area contributed by atoms with Gasteiger partial charge < -0.3 is 5.32 Å². The van der Waals surface area contributed by atoms with Crippen LogP contribution in [0.3, 0.4) is 0 Å². The minimum Gasteiger partial charge on any atom is -0.316 e. The van der Waals surface area contributed by atoms with Gasteiger partial charge >= 0.3 is 0 Å². The van der Waals surface area contributed by atoms with Crippen LogP contribution < -0.4 is 5.32 Å². The molecule has 0 aliphatic carbocycles. The van der Waals surface area contributed by atoms with E-state index in [1.165, 1.54) is 31.5 Å². The summed E-state index contributed by atoms with van der Waals surface area (Å²) >= 11 is 0. The molecule has 1 aliphatic heterocycles. The Morgan fingerprint density at radius 3 is 2.30 bits per heavy atom. The fourth-order valence-electron chi connectivity index (χ4n) is 1.62. The van der Waals surface area contributed by atoms with E-state index in [1.807, 2.05) is 0 Å². The van der Waals surface area contributed by atoms with Crippen LogP contribution in [0.1, 0.15) is 26.7 Å². The quantitative estimate of drug-likeness (QED) is 0.589. The maximum Gasteiger partial charge on any atom is 0.00232 e. The fraction of sp³-hybridized carbons (Fsp3) is 0.778. The summed E-state index contributed by atoms with van der Waals surface area (Å²) in [5, 5.41) is 3.32. The van der Waals surface area contributed by atoms with Crippen LogP contribution in [0.25, 0.3) is 0 Å². The Bertz CT molecular complexity index is 128. The Hall–Kier alpha value is -0.300. The van der Waals surface area contributed by atoms with Gasteiger partial charge in [0.25, 0.3) is 0 Å². The van der Waals surface area contributed by atoms with Gasteiger partial charge in [-0.25, -0.2) is 0 Å². The average molecular weight is 139 g/mol. The van der Waals surface area contributed by atoms with Crippen LogP contribution in [0.4, 0.5) is 0 Å². The largest absolute Gasteiger partial charge is 0.316 e. The molecule has 10 heavy (non-hydrogen) atoms. The summed E-state index contributed by atoms with van der Waals surface area (Å²) in [5.41, 5.74) is 1.90. The molecule has 0 spiro atoms. The molecule has 1 heterocycles. The molecule has 0 unspecified atom stereocenters. The van der Waals surface area contributed by atoms with E-state index in [9.17, 15) is 0 Å². The van der Waals surface area contributed by atoms with Crippen LogP contribution in [-0.2, 0) is 0 Å². The molecule has 1 heteroatoms. The summed E-state index contributed by atoms with van der Waals surface area (Å²) in [4.78, 5) is 0. The molecular formula is C9H17N. The lowest BCUT2D eigenvalue weighted by molar-refractivity contribution is 0.160. The molecule has 1 N–H and O–H groups in total. The highest BCUT2D eigenvalue weighted by atomic mass is 15.0. The van der Waals surface area contributed by atoms with Crippen LogP contribution in [0.5, 0.6) is 0 Å².